The molecule has 0 aliphatic heterocycles. The Morgan fingerprint density at radius 3 is 2.76 bits per heavy atom. The van der Waals surface area contributed by atoms with E-state index in [-0.39, 0.29) is 37.6 Å². The van der Waals surface area contributed by atoms with Crippen LogP contribution in [0.25, 0.3) is 5.69 Å². The Kier molecular flexibility index (Phi) is 6.32. The lowest BCUT2D eigenvalue weighted by molar-refractivity contribution is -0.142. The van der Waals surface area contributed by atoms with Gasteiger partial charge in [-0.1, -0.05) is 0 Å². The summed E-state index contributed by atoms with van der Waals surface area (Å²) in [5, 5.41) is 15.8. The number of amides is 2. The standard InChI is InChI=1S/C14H16F2N6O3/c1-2-25-13(23)5-6-17-14(24)18-8-12-19-20-21-22(12)9-3-4-10(15)11(16)7-9/h3-4,7H,2,5-6,8H2,1H3,(H2,17,18,24). The average Bonchev–Trinajstić information content (AvgIpc) is 3.04. The first-order valence-corrected chi connectivity index (χ1v) is 7.41. The fourth-order valence-electron chi connectivity index (χ4n) is 1.87. The van der Waals surface area contributed by atoms with Crippen molar-refractivity contribution in [1.29, 1.82) is 0 Å². The minimum absolute atomic E-state index is 0.0495. The molecule has 1 heterocycles. The molecule has 1 aromatic carbocycles. The number of hydrogen-bond donors (Lipinski definition) is 2. The van der Waals surface area contributed by atoms with E-state index in [9.17, 15) is 18.4 Å². The van der Waals surface area contributed by atoms with Gasteiger partial charge >= 0.3 is 12.0 Å². The van der Waals surface area contributed by atoms with Crippen molar-refractivity contribution in [2.75, 3.05) is 13.2 Å². The van der Waals surface area contributed by atoms with E-state index in [1.165, 1.54) is 10.7 Å². The number of carbonyl (C=O) groups is 2. The van der Waals surface area contributed by atoms with Gasteiger partial charge in [-0.25, -0.2) is 13.6 Å². The quantitative estimate of drug-likeness (QED) is 0.708. The third kappa shape index (κ3) is 5.19. The van der Waals surface area contributed by atoms with E-state index in [0.29, 0.717) is 0 Å². The molecule has 134 valence electrons. The largest absolute Gasteiger partial charge is 0.466 e. The lowest BCUT2D eigenvalue weighted by Crippen LogP contribution is -2.37. The zero-order chi connectivity index (χ0) is 18.2. The molecule has 2 amide bonds. The number of urea groups is 1. The number of rotatable bonds is 7. The zero-order valence-corrected chi connectivity index (χ0v) is 13.3. The maximum absolute atomic E-state index is 13.3. The summed E-state index contributed by atoms with van der Waals surface area (Å²) in [5.41, 5.74) is 0.211. The molecule has 2 rings (SSSR count). The Labute approximate surface area is 141 Å². The van der Waals surface area contributed by atoms with Gasteiger partial charge in [-0.15, -0.1) is 5.10 Å². The summed E-state index contributed by atoms with van der Waals surface area (Å²) >= 11 is 0. The Morgan fingerprint density at radius 2 is 2.04 bits per heavy atom. The van der Waals surface area contributed by atoms with E-state index in [2.05, 4.69) is 26.2 Å². The van der Waals surface area contributed by atoms with Crippen molar-refractivity contribution in [2.45, 2.75) is 19.9 Å². The highest BCUT2D eigenvalue weighted by molar-refractivity contribution is 5.75. The van der Waals surface area contributed by atoms with E-state index in [0.717, 1.165) is 12.1 Å². The van der Waals surface area contributed by atoms with Crippen molar-refractivity contribution in [3.05, 3.63) is 35.7 Å². The highest BCUT2D eigenvalue weighted by atomic mass is 19.2. The number of ether oxygens (including phenoxy) is 1. The second-order valence-electron chi connectivity index (χ2n) is 4.77. The molecule has 0 spiro atoms. The number of benzene rings is 1. The molecule has 11 heteroatoms. The van der Waals surface area contributed by atoms with Gasteiger partial charge in [0, 0.05) is 12.6 Å². The van der Waals surface area contributed by atoms with Crippen LogP contribution in [0.4, 0.5) is 13.6 Å². The molecule has 1 aromatic heterocycles. The summed E-state index contributed by atoms with van der Waals surface area (Å²) in [6.07, 6.45) is 0.0495. The minimum atomic E-state index is -1.04. The molecule has 9 nitrogen and oxygen atoms in total. The average molecular weight is 354 g/mol. The number of esters is 1. The van der Waals surface area contributed by atoms with Crippen LogP contribution >= 0.6 is 0 Å². The molecule has 0 fully saturated rings. The molecule has 0 aliphatic rings. The second-order valence-corrected chi connectivity index (χ2v) is 4.77. The number of aromatic nitrogens is 4. The van der Waals surface area contributed by atoms with Crippen LogP contribution in [-0.2, 0) is 16.1 Å². The van der Waals surface area contributed by atoms with Crippen LogP contribution in [-0.4, -0.2) is 45.4 Å². The van der Waals surface area contributed by atoms with Gasteiger partial charge < -0.3 is 15.4 Å². The molecule has 0 saturated heterocycles. The van der Waals surface area contributed by atoms with Crippen molar-refractivity contribution in [2.24, 2.45) is 0 Å². The third-order valence-corrected chi connectivity index (χ3v) is 3.01. The van der Waals surface area contributed by atoms with Crippen molar-refractivity contribution in [3.63, 3.8) is 0 Å². The van der Waals surface area contributed by atoms with E-state index in [1.807, 2.05) is 0 Å². The Balaban J connectivity index is 1.87. The van der Waals surface area contributed by atoms with Crippen LogP contribution < -0.4 is 10.6 Å². The van der Waals surface area contributed by atoms with Crippen LogP contribution in [0.1, 0.15) is 19.2 Å². The van der Waals surface area contributed by atoms with Gasteiger partial charge in [0.05, 0.1) is 25.3 Å². The van der Waals surface area contributed by atoms with Crippen molar-refractivity contribution >= 4 is 12.0 Å². The molecule has 2 aromatic rings. The molecular formula is C14H16F2N6O3. The van der Waals surface area contributed by atoms with Gasteiger partial charge in [-0.2, -0.15) is 4.68 Å². The van der Waals surface area contributed by atoms with Gasteiger partial charge in [0.25, 0.3) is 0 Å². The van der Waals surface area contributed by atoms with Crippen molar-refractivity contribution in [3.8, 4) is 5.69 Å². The SMILES string of the molecule is CCOC(=O)CCNC(=O)NCc1nnnn1-c1ccc(F)c(F)c1. The smallest absolute Gasteiger partial charge is 0.315 e. The van der Waals surface area contributed by atoms with E-state index >= 15 is 0 Å². The fraction of sp³-hybridized carbons (Fsp3) is 0.357. The summed E-state index contributed by atoms with van der Waals surface area (Å²) < 4.78 is 32.2. The molecule has 2 N–H and O–H groups in total. The predicted molar refractivity (Wildman–Crippen MR) is 80.6 cm³/mol. The van der Waals surface area contributed by atoms with Gasteiger partial charge in [-0.05, 0) is 29.5 Å². The Morgan fingerprint density at radius 1 is 1.24 bits per heavy atom. The lowest BCUT2D eigenvalue weighted by atomic mass is 10.3. The summed E-state index contributed by atoms with van der Waals surface area (Å²) in [7, 11) is 0. The van der Waals surface area contributed by atoms with Gasteiger partial charge in [0.2, 0.25) is 0 Å². The highest BCUT2D eigenvalue weighted by Crippen LogP contribution is 2.12. The summed E-state index contributed by atoms with van der Waals surface area (Å²) in [5.74, 6) is -2.22. The molecule has 0 atom stereocenters. The monoisotopic (exact) mass is 354 g/mol. The van der Waals surface area contributed by atoms with Crippen molar-refractivity contribution < 1.29 is 23.1 Å². The van der Waals surface area contributed by atoms with E-state index in [1.54, 1.807) is 6.92 Å². The third-order valence-electron chi connectivity index (χ3n) is 3.01. The number of nitrogens with zero attached hydrogens (tertiary/aromatic N) is 4. The topological polar surface area (TPSA) is 111 Å². The van der Waals surface area contributed by atoms with Crippen LogP contribution in [0.5, 0.6) is 0 Å². The van der Waals surface area contributed by atoms with Crippen molar-refractivity contribution in [1.82, 2.24) is 30.8 Å². The maximum Gasteiger partial charge on any atom is 0.315 e. The van der Waals surface area contributed by atoms with Gasteiger partial charge in [0.15, 0.2) is 17.5 Å². The number of carbonyl (C=O) groups excluding carboxylic acids is 2. The molecule has 25 heavy (non-hydrogen) atoms. The molecule has 0 saturated carbocycles. The number of nitrogens with one attached hydrogen (secondary N) is 2. The molecule has 0 unspecified atom stereocenters. The van der Waals surface area contributed by atoms with Crippen LogP contribution in [0.15, 0.2) is 18.2 Å². The summed E-state index contributed by atoms with van der Waals surface area (Å²) in [6, 6.07) is 2.65. The van der Waals surface area contributed by atoms with E-state index < -0.39 is 23.6 Å². The Hall–Kier alpha value is -3.11. The summed E-state index contributed by atoms with van der Waals surface area (Å²) in [4.78, 5) is 22.8. The van der Waals surface area contributed by atoms with Gasteiger partial charge in [-0.3, -0.25) is 4.79 Å². The fourth-order valence-corrected chi connectivity index (χ4v) is 1.87. The maximum atomic E-state index is 13.3. The molecular weight excluding hydrogens is 338 g/mol. The predicted octanol–water partition coefficient (Wildman–Crippen LogP) is 0.693. The minimum Gasteiger partial charge on any atom is -0.466 e. The van der Waals surface area contributed by atoms with Gasteiger partial charge in [0.1, 0.15) is 0 Å². The van der Waals surface area contributed by atoms with E-state index in [4.69, 9.17) is 4.74 Å². The first kappa shape index (κ1) is 18.2. The normalized spacial score (nSPS) is 10.4. The van der Waals surface area contributed by atoms with Crippen LogP contribution in [0.2, 0.25) is 0 Å². The zero-order valence-electron chi connectivity index (χ0n) is 13.3. The first-order valence-electron chi connectivity index (χ1n) is 7.41. The van der Waals surface area contributed by atoms with Crippen LogP contribution in [0.3, 0.4) is 0 Å². The molecule has 0 bridgehead atoms. The Bertz CT molecular complexity index is 752. The molecule has 0 radical (unpaired) electrons. The lowest BCUT2D eigenvalue weighted by Gasteiger charge is -2.08. The highest BCUT2D eigenvalue weighted by Gasteiger charge is 2.12. The first-order chi connectivity index (χ1) is 12.0. The molecule has 0 aliphatic carbocycles. The van der Waals surface area contributed by atoms with Crippen LogP contribution in [0, 0.1) is 11.6 Å². The number of tetrazole rings is 1. The number of halogens is 2. The second kappa shape index (κ2) is 8.66. The number of hydrogen-bond acceptors (Lipinski definition) is 6. The summed E-state index contributed by atoms with van der Waals surface area (Å²) in [6.45, 7) is 2.02.